The number of amides is 1. The number of rotatable bonds is 4. The van der Waals surface area contributed by atoms with Crippen LogP contribution in [0.25, 0.3) is 0 Å². The van der Waals surface area contributed by atoms with Crippen LogP contribution in [0.3, 0.4) is 0 Å². The van der Waals surface area contributed by atoms with E-state index in [1.807, 2.05) is 17.8 Å². The number of likely N-dealkylation sites (N-methyl/N-ethyl adjacent to an activating group) is 1. The van der Waals surface area contributed by atoms with Crippen LogP contribution in [-0.4, -0.2) is 58.2 Å². The van der Waals surface area contributed by atoms with Crippen LogP contribution in [0, 0.1) is 6.92 Å². The van der Waals surface area contributed by atoms with Crippen molar-refractivity contribution in [3.63, 3.8) is 0 Å². The molecule has 0 saturated carbocycles. The molecule has 1 aliphatic rings. The number of nitrogens with zero attached hydrogens (tertiary/aromatic N) is 4. The predicted molar refractivity (Wildman–Crippen MR) is 81.9 cm³/mol. The van der Waals surface area contributed by atoms with E-state index < -0.39 is 0 Å². The fraction of sp³-hybridized carbons (Fsp3) is 0.533. The van der Waals surface area contributed by atoms with Crippen LogP contribution >= 0.6 is 0 Å². The summed E-state index contributed by atoms with van der Waals surface area (Å²) in [5.74, 6) is 0.254. The van der Waals surface area contributed by atoms with Crippen LogP contribution in [-0.2, 0) is 11.8 Å². The SMILES string of the molecule is Cc1ocnc1C(=O)NC[C@@H]1OCCN(C)[C@H]1c1cncn1C. The molecule has 0 aromatic carbocycles. The summed E-state index contributed by atoms with van der Waals surface area (Å²) < 4.78 is 12.9. The Balaban J connectivity index is 1.71. The Hall–Kier alpha value is -2.19. The van der Waals surface area contributed by atoms with Crippen LogP contribution in [0.5, 0.6) is 0 Å². The molecule has 124 valence electrons. The zero-order chi connectivity index (χ0) is 16.4. The highest BCUT2D eigenvalue weighted by molar-refractivity contribution is 5.93. The molecule has 0 bridgehead atoms. The molecular weight excluding hydrogens is 298 g/mol. The van der Waals surface area contributed by atoms with Crippen molar-refractivity contribution in [1.29, 1.82) is 0 Å². The number of imidazole rings is 1. The normalized spacial score (nSPS) is 22.2. The van der Waals surface area contributed by atoms with Gasteiger partial charge in [-0.25, -0.2) is 9.97 Å². The van der Waals surface area contributed by atoms with Crippen molar-refractivity contribution in [3.05, 3.63) is 36.1 Å². The van der Waals surface area contributed by atoms with Gasteiger partial charge in [0, 0.05) is 26.3 Å². The van der Waals surface area contributed by atoms with E-state index in [1.54, 1.807) is 13.3 Å². The average molecular weight is 319 g/mol. The molecule has 1 aliphatic heterocycles. The van der Waals surface area contributed by atoms with Crippen molar-refractivity contribution in [1.82, 2.24) is 24.8 Å². The summed E-state index contributed by atoms with van der Waals surface area (Å²) in [5.41, 5.74) is 1.37. The molecule has 2 atom stereocenters. The molecule has 1 amide bonds. The lowest BCUT2D eigenvalue weighted by Crippen LogP contribution is -2.48. The van der Waals surface area contributed by atoms with Crippen molar-refractivity contribution >= 4 is 5.91 Å². The Bertz CT molecular complexity index is 680. The molecule has 23 heavy (non-hydrogen) atoms. The van der Waals surface area contributed by atoms with Gasteiger partial charge in [-0.05, 0) is 14.0 Å². The third kappa shape index (κ3) is 3.13. The number of aryl methyl sites for hydroxylation is 2. The smallest absolute Gasteiger partial charge is 0.273 e. The molecule has 3 rings (SSSR count). The van der Waals surface area contributed by atoms with E-state index in [9.17, 15) is 4.79 Å². The summed E-state index contributed by atoms with van der Waals surface area (Å²) in [5, 5.41) is 2.88. The highest BCUT2D eigenvalue weighted by atomic mass is 16.5. The van der Waals surface area contributed by atoms with Gasteiger partial charge >= 0.3 is 0 Å². The van der Waals surface area contributed by atoms with Gasteiger partial charge in [-0.15, -0.1) is 0 Å². The third-order valence-corrected chi connectivity index (χ3v) is 4.18. The summed E-state index contributed by atoms with van der Waals surface area (Å²) in [7, 11) is 4.01. The number of oxazole rings is 1. The van der Waals surface area contributed by atoms with Crippen LogP contribution in [0.4, 0.5) is 0 Å². The fourth-order valence-corrected chi connectivity index (χ4v) is 2.90. The van der Waals surface area contributed by atoms with Gasteiger partial charge in [0.05, 0.1) is 30.8 Å². The lowest BCUT2D eigenvalue weighted by atomic mass is 10.0. The van der Waals surface area contributed by atoms with Crippen LogP contribution in [0.1, 0.15) is 28.0 Å². The van der Waals surface area contributed by atoms with Gasteiger partial charge < -0.3 is 19.0 Å². The molecule has 0 spiro atoms. The molecule has 8 heteroatoms. The number of hydrogen-bond donors (Lipinski definition) is 1. The second kappa shape index (κ2) is 6.51. The summed E-state index contributed by atoms with van der Waals surface area (Å²) in [6.07, 6.45) is 4.73. The van der Waals surface area contributed by atoms with Crippen LogP contribution < -0.4 is 5.32 Å². The monoisotopic (exact) mass is 319 g/mol. The summed E-state index contributed by atoms with van der Waals surface area (Å²) >= 11 is 0. The lowest BCUT2D eigenvalue weighted by Gasteiger charge is -2.39. The minimum Gasteiger partial charge on any atom is -0.448 e. The number of morpholine rings is 1. The van der Waals surface area contributed by atoms with E-state index >= 15 is 0 Å². The lowest BCUT2D eigenvalue weighted by molar-refractivity contribution is -0.0626. The molecule has 8 nitrogen and oxygen atoms in total. The first kappa shape index (κ1) is 15.7. The number of ether oxygens (including phenoxy) is 1. The topological polar surface area (TPSA) is 85.4 Å². The van der Waals surface area contributed by atoms with E-state index in [4.69, 9.17) is 9.15 Å². The van der Waals surface area contributed by atoms with Crippen molar-refractivity contribution in [2.75, 3.05) is 26.7 Å². The van der Waals surface area contributed by atoms with E-state index in [0.29, 0.717) is 24.6 Å². The van der Waals surface area contributed by atoms with E-state index in [-0.39, 0.29) is 18.1 Å². The number of nitrogens with one attached hydrogen (secondary N) is 1. The van der Waals surface area contributed by atoms with Gasteiger partial charge in [0.15, 0.2) is 12.1 Å². The Morgan fingerprint density at radius 1 is 1.48 bits per heavy atom. The Morgan fingerprint density at radius 2 is 2.30 bits per heavy atom. The highest BCUT2D eigenvalue weighted by Crippen LogP contribution is 2.27. The van der Waals surface area contributed by atoms with E-state index in [1.165, 1.54) is 6.39 Å². The van der Waals surface area contributed by atoms with Gasteiger partial charge in [-0.1, -0.05) is 0 Å². The van der Waals surface area contributed by atoms with Crippen LogP contribution in [0.2, 0.25) is 0 Å². The fourth-order valence-electron chi connectivity index (χ4n) is 2.90. The molecular formula is C15H21N5O3. The molecule has 2 aromatic rings. The average Bonchev–Trinajstić information content (AvgIpc) is 3.13. The molecule has 3 heterocycles. The Kier molecular flexibility index (Phi) is 4.44. The Labute approximate surface area is 134 Å². The first-order valence-electron chi connectivity index (χ1n) is 7.54. The maximum absolute atomic E-state index is 12.2. The predicted octanol–water partition coefficient (Wildman–Crippen LogP) is 0.518. The van der Waals surface area contributed by atoms with Gasteiger partial charge in [0.1, 0.15) is 5.76 Å². The van der Waals surface area contributed by atoms with Crippen molar-refractivity contribution in [3.8, 4) is 0 Å². The van der Waals surface area contributed by atoms with Crippen LogP contribution in [0.15, 0.2) is 23.3 Å². The second-order valence-electron chi connectivity index (χ2n) is 5.73. The maximum Gasteiger partial charge on any atom is 0.273 e. The highest BCUT2D eigenvalue weighted by Gasteiger charge is 2.33. The summed E-state index contributed by atoms with van der Waals surface area (Å²) in [4.78, 5) is 22.5. The minimum absolute atomic E-state index is 0.0370. The van der Waals surface area contributed by atoms with Gasteiger partial charge in [0.2, 0.25) is 0 Å². The summed E-state index contributed by atoms with van der Waals surface area (Å²) in [6, 6.07) is 0.0370. The van der Waals surface area contributed by atoms with Crippen molar-refractivity contribution < 1.29 is 13.9 Å². The molecule has 1 saturated heterocycles. The zero-order valence-electron chi connectivity index (χ0n) is 13.5. The molecule has 1 fully saturated rings. The Morgan fingerprint density at radius 3 is 2.96 bits per heavy atom. The number of aromatic nitrogens is 3. The molecule has 1 N–H and O–H groups in total. The van der Waals surface area contributed by atoms with Gasteiger partial charge in [-0.2, -0.15) is 0 Å². The maximum atomic E-state index is 12.2. The first-order valence-corrected chi connectivity index (χ1v) is 7.54. The van der Waals surface area contributed by atoms with Gasteiger partial charge in [-0.3, -0.25) is 9.69 Å². The largest absolute Gasteiger partial charge is 0.448 e. The van der Waals surface area contributed by atoms with Crippen molar-refractivity contribution in [2.24, 2.45) is 7.05 Å². The number of hydrogen-bond acceptors (Lipinski definition) is 6. The zero-order valence-corrected chi connectivity index (χ0v) is 13.5. The molecule has 0 radical (unpaired) electrons. The number of carbonyl (C=O) groups excluding carboxylic acids is 1. The standard InChI is InChI=1S/C15H21N5O3/c1-10-13(18-9-23-10)15(21)17-7-12-14(19(2)4-5-22-12)11-6-16-8-20(11)3/h6,8-9,12,14H,4-5,7H2,1-3H3,(H,17,21)/t12-,14-/m0/s1. The third-order valence-electron chi connectivity index (χ3n) is 4.18. The van der Waals surface area contributed by atoms with Gasteiger partial charge in [0.25, 0.3) is 5.91 Å². The molecule has 0 aliphatic carbocycles. The summed E-state index contributed by atoms with van der Waals surface area (Å²) in [6.45, 7) is 3.58. The van der Waals surface area contributed by atoms with E-state index in [2.05, 4.69) is 27.2 Å². The number of carbonyl (C=O) groups is 1. The molecule has 0 unspecified atom stereocenters. The first-order chi connectivity index (χ1) is 11.1. The quantitative estimate of drug-likeness (QED) is 0.884. The van der Waals surface area contributed by atoms with Crippen molar-refractivity contribution in [2.45, 2.75) is 19.1 Å². The second-order valence-corrected chi connectivity index (χ2v) is 5.73. The molecule has 2 aromatic heterocycles. The minimum atomic E-state index is -0.253. The van der Waals surface area contributed by atoms with E-state index in [0.717, 1.165) is 12.2 Å².